The molecule has 0 bridgehead atoms. The molecule has 1 N–H and O–H groups in total. The van der Waals surface area contributed by atoms with Crippen molar-refractivity contribution >= 4 is 23.5 Å². The standard InChI is InChI=1S/C20H19NO5/c1-3-25-18-6-4-5-13(20(18)24-2)7-9-16(22)14-8-10-17-15(11-14)21-19(23)12-26-17/h4-11H,3,12H2,1-2H3,(H,21,23). The Morgan fingerprint density at radius 3 is 2.92 bits per heavy atom. The summed E-state index contributed by atoms with van der Waals surface area (Å²) in [6.45, 7) is 2.39. The van der Waals surface area contributed by atoms with Crippen LogP contribution in [-0.4, -0.2) is 32.0 Å². The zero-order valence-corrected chi connectivity index (χ0v) is 14.6. The van der Waals surface area contributed by atoms with Crippen molar-refractivity contribution in [3.8, 4) is 17.2 Å². The van der Waals surface area contributed by atoms with Gasteiger partial charge in [0.25, 0.3) is 5.91 Å². The maximum atomic E-state index is 12.5. The van der Waals surface area contributed by atoms with E-state index in [1.165, 1.54) is 6.08 Å². The van der Waals surface area contributed by atoms with Crippen LogP contribution in [0.1, 0.15) is 22.8 Å². The number of para-hydroxylation sites is 1. The van der Waals surface area contributed by atoms with Crippen LogP contribution in [0.15, 0.2) is 42.5 Å². The Labute approximate surface area is 151 Å². The molecule has 134 valence electrons. The summed E-state index contributed by atoms with van der Waals surface area (Å²) in [5, 5.41) is 2.69. The molecule has 0 unspecified atom stereocenters. The minimum absolute atomic E-state index is 0.0177. The smallest absolute Gasteiger partial charge is 0.262 e. The predicted molar refractivity (Wildman–Crippen MR) is 98.1 cm³/mol. The minimum atomic E-state index is -0.241. The maximum absolute atomic E-state index is 12.5. The molecule has 0 fully saturated rings. The van der Waals surface area contributed by atoms with Crippen LogP contribution >= 0.6 is 0 Å². The highest BCUT2D eigenvalue weighted by molar-refractivity contribution is 6.08. The molecule has 0 aromatic heterocycles. The van der Waals surface area contributed by atoms with Crippen LogP contribution in [0, 0.1) is 0 Å². The van der Waals surface area contributed by atoms with E-state index >= 15 is 0 Å². The Morgan fingerprint density at radius 2 is 2.15 bits per heavy atom. The second-order valence-electron chi connectivity index (χ2n) is 5.56. The lowest BCUT2D eigenvalue weighted by Crippen LogP contribution is -2.25. The first-order valence-electron chi connectivity index (χ1n) is 8.21. The van der Waals surface area contributed by atoms with E-state index in [1.807, 2.05) is 25.1 Å². The summed E-state index contributed by atoms with van der Waals surface area (Å²) in [5.74, 6) is 1.31. The van der Waals surface area contributed by atoms with Crippen molar-refractivity contribution in [2.24, 2.45) is 0 Å². The van der Waals surface area contributed by atoms with Gasteiger partial charge in [0.15, 0.2) is 23.9 Å². The lowest BCUT2D eigenvalue weighted by atomic mass is 10.1. The van der Waals surface area contributed by atoms with Gasteiger partial charge < -0.3 is 19.5 Å². The molecule has 0 radical (unpaired) electrons. The number of benzene rings is 2. The third-order valence-electron chi connectivity index (χ3n) is 3.82. The Morgan fingerprint density at radius 1 is 1.31 bits per heavy atom. The zero-order chi connectivity index (χ0) is 18.5. The number of carbonyl (C=O) groups excluding carboxylic acids is 2. The summed E-state index contributed by atoms with van der Waals surface area (Å²) in [5.41, 5.74) is 1.68. The van der Waals surface area contributed by atoms with Crippen molar-refractivity contribution in [1.29, 1.82) is 0 Å². The topological polar surface area (TPSA) is 73.9 Å². The molecule has 1 amide bonds. The monoisotopic (exact) mass is 353 g/mol. The summed E-state index contributed by atoms with van der Waals surface area (Å²) in [4.78, 5) is 23.9. The molecular formula is C20H19NO5. The number of ether oxygens (including phenoxy) is 3. The number of fused-ring (bicyclic) bond motifs is 1. The number of hydrogen-bond acceptors (Lipinski definition) is 5. The number of nitrogens with one attached hydrogen (secondary N) is 1. The molecule has 1 aliphatic heterocycles. The molecule has 6 nitrogen and oxygen atoms in total. The van der Waals surface area contributed by atoms with E-state index in [4.69, 9.17) is 14.2 Å². The second kappa shape index (κ2) is 7.74. The minimum Gasteiger partial charge on any atom is -0.492 e. The van der Waals surface area contributed by atoms with Gasteiger partial charge in [0.05, 0.1) is 19.4 Å². The van der Waals surface area contributed by atoms with Crippen LogP contribution in [0.4, 0.5) is 5.69 Å². The van der Waals surface area contributed by atoms with Crippen LogP contribution in [0.25, 0.3) is 6.08 Å². The summed E-state index contributed by atoms with van der Waals surface area (Å²) < 4.78 is 16.2. The highest BCUT2D eigenvalue weighted by Crippen LogP contribution is 2.32. The Hall–Kier alpha value is -3.28. The third-order valence-corrected chi connectivity index (χ3v) is 3.82. The number of methoxy groups -OCH3 is 1. The summed E-state index contributed by atoms with van der Waals surface area (Å²) in [6, 6.07) is 10.4. The molecule has 0 atom stereocenters. The first kappa shape index (κ1) is 17.5. The molecule has 0 aliphatic carbocycles. The zero-order valence-electron chi connectivity index (χ0n) is 14.6. The molecule has 2 aromatic rings. The van der Waals surface area contributed by atoms with Gasteiger partial charge in [-0.15, -0.1) is 0 Å². The number of carbonyl (C=O) groups is 2. The third kappa shape index (κ3) is 3.69. The Kier molecular flexibility index (Phi) is 5.22. The quantitative estimate of drug-likeness (QED) is 0.637. The normalized spacial score (nSPS) is 12.9. The number of amides is 1. The van der Waals surface area contributed by atoms with E-state index < -0.39 is 0 Å². The second-order valence-corrected chi connectivity index (χ2v) is 5.56. The van der Waals surface area contributed by atoms with E-state index in [0.717, 1.165) is 5.56 Å². The Bertz CT molecular complexity index is 873. The van der Waals surface area contributed by atoms with Crippen molar-refractivity contribution in [2.45, 2.75) is 6.92 Å². The van der Waals surface area contributed by atoms with Crippen molar-refractivity contribution in [3.63, 3.8) is 0 Å². The number of ketones is 1. The van der Waals surface area contributed by atoms with Gasteiger partial charge in [-0.1, -0.05) is 12.1 Å². The number of allylic oxidation sites excluding steroid dienone is 1. The van der Waals surface area contributed by atoms with Crippen molar-refractivity contribution in [3.05, 3.63) is 53.6 Å². The summed E-state index contributed by atoms with van der Waals surface area (Å²) in [6.07, 6.45) is 3.14. The van der Waals surface area contributed by atoms with Gasteiger partial charge in [-0.2, -0.15) is 0 Å². The van der Waals surface area contributed by atoms with Gasteiger partial charge in [-0.05, 0) is 43.3 Å². The van der Waals surface area contributed by atoms with Gasteiger partial charge in [-0.3, -0.25) is 9.59 Å². The molecule has 3 rings (SSSR count). The average Bonchev–Trinajstić information content (AvgIpc) is 2.65. The first-order chi connectivity index (χ1) is 12.6. The fourth-order valence-electron chi connectivity index (χ4n) is 2.65. The number of anilines is 1. The summed E-state index contributed by atoms with van der Waals surface area (Å²) in [7, 11) is 1.56. The lowest BCUT2D eigenvalue weighted by molar-refractivity contribution is -0.118. The molecule has 1 aliphatic rings. The van der Waals surface area contributed by atoms with E-state index in [2.05, 4.69) is 5.32 Å². The first-order valence-corrected chi connectivity index (χ1v) is 8.21. The van der Waals surface area contributed by atoms with Gasteiger partial charge in [0, 0.05) is 11.1 Å². The molecule has 26 heavy (non-hydrogen) atoms. The van der Waals surface area contributed by atoms with E-state index in [1.54, 1.807) is 31.4 Å². The number of rotatable bonds is 6. The largest absolute Gasteiger partial charge is 0.492 e. The molecule has 2 aromatic carbocycles. The van der Waals surface area contributed by atoms with Gasteiger partial charge in [0.1, 0.15) is 5.75 Å². The molecule has 6 heteroatoms. The van der Waals surface area contributed by atoms with Gasteiger partial charge >= 0.3 is 0 Å². The van der Waals surface area contributed by atoms with Gasteiger partial charge in [-0.25, -0.2) is 0 Å². The fourth-order valence-corrected chi connectivity index (χ4v) is 2.65. The average molecular weight is 353 g/mol. The highest BCUT2D eigenvalue weighted by Gasteiger charge is 2.17. The lowest BCUT2D eigenvalue weighted by Gasteiger charge is -2.18. The highest BCUT2D eigenvalue weighted by atomic mass is 16.5. The van der Waals surface area contributed by atoms with Crippen LogP contribution in [-0.2, 0) is 4.79 Å². The van der Waals surface area contributed by atoms with Crippen molar-refractivity contribution < 1.29 is 23.8 Å². The molecular weight excluding hydrogens is 334 g/mol. The van der Waals surface area contributed by atoms with Crippen molar-refractivity contribution in [2.75, 3.05) is 25.6 Å². The SMILES string of the molecule is CCOc1cccc(C=CC(=O)c2ccc3c(c2)NC(=O)CO3)c1OC. The Balaban J connectivity index is 1.83. The maximum Gasteiger partial charge on any atom is 0.262 e. The van der Waals surface area contributed by atoms with Crippen LogP contribution < -0.4 is 19.5 Å². The van der Waals surface area contributed by atoms with Gasteiger partial charge in [0.2, 0.25) is 0 Å². The van der Waals surface area contributed by atoms with Crippen LogP contribution in [0.3, 0.4) is 0 Å². The van der Waals surface area contributed by atoms with E-state index in [0.29, 0.717) is 35.1 Å². The van der Waals surface area contributed by atoms with E-state index in [-0.39, 0.29) is 18.3 Å². The molecule has 0 saturated heterocycles. The van der Waals surface area contributed by atoms with E-state index in [9.17, 15) is 9.59 Å². The molecule has 0 spiro atoms. The predicted octanol–water partition coefficient (Wildman–Crippen LogP) is 3.32. The fraction of sp³-hybridized carbons (Fsp3) is 0.200. The van der Waals surface area contributed by atoms with Crippen LogP contribution in [0.5, 0.6) is 17.2 Å². The number of hydrogen-bond donors (Lipinski definition) is 1. The molecule has 1 heterocycles. The van der Waals surface area contributed by atoms with Crippen molar-refractivity contribution in [1.82, 2.24) is 0 Å². The van der Waals surface area contributed by atoms with Crippen LogP contribution in [0.2, 0.25) is 0 Å². The molecule has 0 saturated carbocycles. The summed E-state index contributed by atoms with van der Waals surface area (Å²) >= 11 is 0.